The quantitative estimate of drug-likeness (QED) is 0.735. The van der Waals surface area contributed by atoms with Gasteiger partial charge < -0.3 is 15.2 Å². The van der Waals surface area contributed by atoms with Gasteiger partial charge in [0.1, 0.15) is 6.04 Å². The molecule has 3 unspecified atom stereocenters. The average Bonchev–Trinajstić information content (AvgIpc) is 3.19. The summed E-state index contributed by atoms with van der Waals surface area (Å²) < 4.78 is 5.36. The van der Waals surface area contributed by atoms with Crippen LogP contribution in [-0.2, 0) is 9.59 Å². The Bertz CT molecular complexity index is 790. The van der Waals surface area contributed by atoms with Gasteiger partial charge in [-0.25, -0.2) is 0 Å². The summed E-state index contributed by atoms with van der Waals surface area (Å²) in [6.45, 7) is 6.31. The highest BCUT2D eigenvalue weighted by Gasteiger charge is 2.38. The van der Waals surface area contributed by atoms with Crippen molar-refractivity contribution in [2.45, 2.75) is 39.7 Å². The standard InChI is InChI=1S/C19H25N5O3/c1-11(2)16(19-23-17(24-27-19)13-5-4-7-20-10-13)22-15(25)6-8-21-18(26)14-9-12(14)3/h4-5,7,10-12,14,16H,6,8-9H2,1-3H3,(H,21,26)(H,22,25). The molecule has 144 valence electrons. The summed E-state index contributed by atoms with van der Waals surface area (Å²) in [6, 6.07) is 3.24. The molecule has 27 heavy (non-hydrogen) atoms. The van der Waals surface area contributed by atoms with E-state index in [9.17, 15) is 9.59 Å². The van der Waals surface area contributed by atoms with Gasteiger partial charge in [0.2, 0.25) is 23.5 Å². The zero-order valence-corrected chi connectivity index (χ0v) is 15.8. The Labute approximate surface area is 158 Å². The Morgan fingerprint density at radius 3 is 2.78 bits per heavy atom. The van der Waals surface area contributed by atoms with Gasteiger partial charge in [0, 0.05) is 36.8 Å². The van der Waals surface area contributed by atoms with E-state index in [2.05, 4.69) is 25.8 Å². The van der Waals surface area contributed by atoms with Crippen LogP contribution in [0.15, 0.2) is 29.0 Å². The van der Waals surface area contributed by atoms with Crippen LogP contribution in [0.2, 0.25) is 0 Å². The first-order valence-corrected chi connectivity index (χ1v) is 9.26. The van der Waals surface area contributed by atoms with Crippen LogP contribution in [0.3, 0.4) is 0 Å². The fourth-order valence-electron chi connectivity index (χ4n) is 2.85. The lowest BCUT2D eigenvalue weighted by Gasteiger charge is -2.18. The lowest BCUT2D eigenvalue weighted by atomic mass is 10.0. The van der Waals surface area contributed by atoms with E-state index in [1.165, 1.54) is 0 Å². The predicted molar refractivity (Wildman–Crippen MR) is 98.1 cm³/mol. The number of pyridine rings is 1. The average molecular weight is 371 g/mol. The van der Waals surface area contributed by atoms with Gasteiger partial charge in [-0.2, -0.15) is 4.98 Å². The van der Waals surface area contributed by atoms with Gasteiger partial charge in [0.05, 0.1) is 0 Å². The number of carbonyl (C=O) groups is 2. The summed E-state index contributed by atoms with van der Waals surface area (Å²) in [4.78, 5) is 32.5. The van der Waals surface area contributed by atoms with Crippen LogP contribution >= 0.6 is 0 Å². The van der Waals surface area contributed by atoms with Gasteiger partial charge >= 0.3 is 0 Å². The van der Waals surface area contributed by atoms with Crippen molar-refractivity contribution in [2.24, 2.45) is 17.8 Å². The fraction of sp³-hybridized carbons (Fsp3) is 0.526. The number of hydrogen-bond acceptors (Lipinski definition) is 6. The second-order valence-electron chi connectivity index (χ2n) is 7.35. The summed E-state index contributed by atoms with van der Waals surface area (Å²) in [5.41, 5.74) is 0.748. The molecular formula is C19H25N5O3. The van der Waals surface area contributed by atoms with E-state index in [0.717, 1.165) is 12.0 Å². The van der Waals surface area contributed by atoms with Gasteiger partial charge in [-0.1, -0.05) is 25.9 Å². The fourth-order valence-corrected chi connectivity index (χ4v) is 2.85. The highest BCUT2D eigenvalue weighted by Crippen LogP contribution is 2.37. The molecule has 2 aromatic heterocycles. The van der Waals surface area contributed by atoms with Crippen LogP contribution in [-0.4, -0.2) is 33.5 Å². The zero-order chi connectivity index (χ0) is 19.4. The maximum absolute atomic E-state index is 12.3. The molecule has 2 heterocycles. The Kier molecular flexibility index (Phi) is 5.83. The van der Waals surface area contributed by atoms with E-state index in [0.29, 0.717) is 24.2 Å². The van der Waals surface area contributed by atoms with Gasteiger partial charge in [-0.3, -0.25) is 14.6 Å². The Morgan fingerprint density at radius 1 is 1.37 bits per heavy atom. The second kappa shape index (κ2) is 8.28. The molecule has 3 atom stereocenters. The summed E-state index contributed by atoms with van der Waals surface area (Å²) >= 11 is 0. The second-order valence-corrected chi connectivity index (χ2v) is 7.35. The molecule has 0 aliphatic heterocycles. The number of rotatable bonds is 8. The van der Waals surface area contributed by atoms with Crippen molar-refractivity contribution in [3.63, 3.8) is 0 Å². The third-order valence-electron chi connectivity index (χ3n) is 4.71. The number of hydrogen-bond donors (Lipinski definition) is 2. The summed E-state index contributed by atoms with van der Waals surface area (Å²) in [7, 11) is 0. The lowest BCUT2D eigenvalue weighted by Crippen LogP contribution is -2.35. The number of aromatic nitrogens is 3. The largest absolute Gasteiger partial charge is 0.355 e. The first kappa shape index (κ1) is 19.0. The summed E-state index contributed by atoms with van der Waals surface area (Å²) in [5, 5.41) is 9.72. The van der Waals surface area contributed by atoms with Crippen molar-refractivity contribution >= 4 is 11.8 Å². The summed E-state index contributed by atoms with van der Waals surface area (Å²) in [5.74, 6) is 1.29. The molecule has 2 amide bonds. The number of carbonyl (C=O) groups excluding carboxylic acids is 2. The van der Waals surface area contributed by atoms with Crippen LogP contribution in [0, 0.1) is 17.8 Å². The van der Waals surface area contributed by atoms with Crippen LogP contribution in [0.4, 0.5) is 0 Å². The first-order chi connectivity index (χ1) is 13.0. The van der Waals surface area contributed by atoms with Crippen molar-refractivity contribution in [3.8, 4) is 11.4 Å². The molecule has 0 saturated heterocycles. The molecule has 0 spiro atoms. The third kappa shape index (κ3) is 4.90. The minimum atomic E-state index is -0.394. The van der Waals surface area contributed by atoms with E-state index in [1.807, 2.05) is 26.8 Å². The molecule has 2 N–H and O–H groups in total. The van der Waals surface area contributed by atoms with Crippen LogP contribution in [0.1, 0.15) is 45.5 Å². The van der Waals surface area contributed by atoms with E-state index in [1.54, 1.807) is 18.5 Å². The summed E-state index contributed by atoms with van der Waals surface area (Å²) in [6.07, 6.45) is 4.47. The van der Waals surface area contributed by atoms with E-state index in [4.69, 9.17) is 4.52 Å². The molecule has 1 aliphatic carbocycles. The molecule has 1 aliphatic rings. The maximum atomic E-state index is 12.3. The lowest BCUT2D eigenvalue weighted by molar-refractivity contribution is -0.123. The molecule has 1 saturated carbocycles. The minimum absolute atomic E-state index is 0.0359. The number of nitrogens with one attached hydrogen (secondary N) is 2. The zero-order valence-electron chi connectivity index (χ0n) is 15.8. The van der Waals surface area contributed by atoms with Crippen molar-refractivity contribution in [3.05, 3.63) is 30.4 Å². The highest BCUT2D eigenvalue weighted by molar-refractivity contribution is 5.82. The van der Waals surface area contributed by atoms with Gasteiger partial charge in [0.25, 0.3) is 0 Å². The molecule has 1 fully saturated rings. The molecule has 8 nitrogen and oxygen atoms in total. The number of amides is 2. The van der Waals surface area contributed by atoms with Crippen LogP contribution in [0.25, 0.3) is 11.4 Å². The van der Waals surface area contributed by atoms with E-state index >= 15 is 0 Å². The van der Waals surface area contributed by atoms with Crippen LogP contribution < -0.4 is 10.6 Å². The minimum Gasteiger partial charge on any atom is -0.355 e. The Morgan fingerprint density at radius 2 is 2.15 bits per heavy atom. The highest BCUT2D eigenvalue weighted by atomic mass is 16.5. The maximum Gasteiger partial charge on any atom is 0.249 e. The van der Waals surface area contributed by atoms with Crippen molar-refractivity contribution in [2.75, 3.05) is 6.54 Å². The Hall–Kier alpha value is -2.77. The molecular weight excluding hydrogens is 346 g/mol. The van der Waals surface area contributed by atoms with Gasteiger partial charge in [0.15, 0.2) is 0 Å². The Balaban J connectivity index is 1.55. The van der Waals surface area contributed by atoms with Crippen molar-refractivity contribution in [1.82, 2.24) is 25.8 Å². The van der Waals surface area contributed by atoms with Gasteiger partial charge in [-0.15, -0.1) is 0 Å². The third-order valence-corrected chi connectivity index (χ3v) is 4.71. The van der Waals surface area contributed by atoms with E-state index in [-0.39, 0.29) is 30.1 Å². The normalized spacial score (nSPS) is 19.6. The SMILES string of the molecule is CC(C)C(NC(=O)CCNC(=O)C1CC1C)c1nc(-c2cccnc2)no1. The molecule has 8 heteroatoms. The topological polar surface area (TPSA) is 110 Å². The molecule has 0 bridgehead atoms. The molecule has 0 radical (unpaired) electrons. The first-order valence-electron chi connectivity index (χ1n) is 9.26. The predicted octanol–water partition coefficient (Wildman–Crippen LogP) is 2.11. The molecule has 0 aromatic carbocycles. The van der Waals surface area contributed by atoms with Crippen LogP contribution in [0.5, 0.6) is 0 Å². The monoisotopic (exact) mass is 371 g/mol. The van der Waals surface area contributed by atoms with E-state index < -0.39 is 6.04 Å². The van der Waals surface area contributed by atoms with Crippen molar-refractivity contribution < 1.29 is 14.1 Å². The van der Waals surface area contributed by atoms with Gasteiger partial charge in [-0.05, 0) is 30.4 Å². The molecule has 2 aromatic rings. The number of nitrogens with zero attached hydrogens (tertiary/aromatic N) is 3. The van der Waals surface area contributed by atoms with Crippen molar-refractivity contribution in [1.29, 1.82) is 0 Å². The molecule has 3 rings (SSSR count). The smallest absolute Gasteiger partial charge is 0.249 e.